The maximum absolute atomic E-state index is 3.65. The highest BCUT2D eigenvalue weighted by molar-refractivity contribution is 4.70. The smallest absolute Gasteiger partial charge is 0.00694 e. The zero-order valence-electron chi connectivity index (χ0n) is 12.9. The first kappa shape index (κ1) is 17.0. The summed E-state index contributed by atoms with van der Waals surface area (Å²) in [5.74, 6) is 1.78. The van der Waals surface area contributed by atoms with Crippen LogP contribution in [0.5, 0.6) is 0 Å². The van der Waals surface area contributed by atoms with E-state index in [1.165, 1.54) is 44.9 Å². The van der Waals surface area contributed by atoms with E-state index in [1.54, 1.807) is 0 Å². The van der Waals surface area contributed by atoms with Crippen molar-refractivity contribution >= 4 is 0 Å². The predicted octanol–water partition coefficient (Wildman–Crippen LogP) is 5.01. The molecule has 0 rings (SSSR count). The lowest BCUT2D eigenvalue weighted by atomic mass is 9.90. The van der Waals surface area contributed by atoms with Crippen LogP contribution in [0.25, 0.3) is 0 Å². The van der Waals surface area contributed by atoms with E-state index in [1.807, 2.05) is 0 Å². The van der Waals surface area contributed by atoms with Gasteiger partial charge in [-0.15, -0.1) is 0 Å². The highest BCUT2D eigenvalue weighted by Crippen LogP contribution is 2.21. The molecular formula is C16H35N. The van der Waals surface area contributed by atoms with E-state index in [4.69, 9.17) is 0 Å². The SMILES string of the molecule is CCCCC(CC)CCC(CC(C)C)NCC. The quantitative estimate of drug-likeness (QED) is 0.536. The normalized spacial score (nSPS) is 15.2. The van der Waals surface area contributed by atoms with Gasteiger partial charge in [-0.25, -0.2) is 0 Å². The van der Waals surface area contributed by atoms with Gasteiger partial charge < -0.3 is 5.32 Å². The zero-order chi connectivity index (χ0) is 13.1. The Hall–Kier alpha value is -0.0400. The van der Waals surface area contributed by atoms with E-state index >= 15 is 0 Å². The number of rotatable bonds is 11. The van der Waals surface area contributed by atoms with Crippen molar-refractivity contribution in [2.24, 2.45) is 11.8 Å². The van der Waals surface area contributed by atoms with E-state index in [9.17, 15) is 0 Å². The standard InChI is InChI=1S/C16H35N/c1-6-9-10-15(7-2)11-12-16(17-8-3)13-14(4)5/h14-17H,6-13H2,1-5H3. The maximum atomic E-state index is 3.65. The summed E-state index contributed by atoms with van der Waals surface area (Å²) in [6.45, 7) is 12.7. The molecule has 17 heavy (non-hydrogen) atoms. The molecule has 0 saturated heterocycles. The molecule has 0 saturated carbocycles. The Morgan fingerprint density at radius 1 is 0.941 bits per heavy atom. The van der Waals surface area contributed by atoms with Gasteiger partial charge in [0.1, 0.15) is 0 Å². The Labute approximate surface area is 110 Å². The number of hydrogen-bond acceptors (Lipinski definition) is 1. The lowest BCUT2D eigenvalue weighted by molar-refractivity contribution is 0.341. The molecule has 1 N–H and O–H groups in total. The van der Waals surface area contributed by atoms with Crippen molar-refractivity contribution in [3.05, 3.63) is 0 Å². The minimum atomic E-state index is 0.746. The molecule has 0 radical (unpaired) electrons. The van der Waals surface area contributed by atoms with E-state index in [2.05, 4.69) is 39.9 Å². The van der Waals surface area contributed by atoms with Gasteiger partial charge in [0.15, 0.2) is 0 Å². The van der Waals surface area contributed by atoms with Crippen LogP contribution in [-0.2, 0) is 0 Å². The Morgan fingerprint density at radius 3 is 2.12 bits per heavy atom. The molecule has 2 unspecified atom stereocenters. The highest BCUT2D eigenvalue weighted by atomic mass is 14.9. The minimum Gasteiger partial charge on any atom is -0.314 e. The number of unbranched alkanes of at least 4 members (excludes halogenated alkanes) is 1. The van der Waals surface area contributed by atoms with Gasteiger partial charge in [0.25, 0.3) is 0 Å². The monoisotopic (exact) mass is 241 g/mol. The van der Waals surface area contributed by atoms with Crippen molar-refractivity contribution in [1.29, 1.82) is 0 Å². The summed E-state index contributed by atoms with van der Waals surface area (Å²) in [5, 5.41) is 3.65. The molecule has 104 valence electrons. The van der Waals surface area contributed by atoms with Crippen molar-refractivity contribution in [1.82, 2.24) is 5.32 Å². The van der Waals surface area contributed by atoms with Gasteiger partial charge in [0.05, 0.1) is 0 Å². The van der Waals surface area contributed by atoms with Crippen LogP contribution in [0.3, 0.4) is 0 Å². The van der Waals surface area contributed by atoms with Gasteiger partial charge in [0, 0.05) is 6.04 Å². The topological polar surface area (TPSA) is 12.0 Å². The second-order valence-electron chi connectivity index (χ2n) is 5.88. The fourth-order valence-corrected chi connectivity index (χ4v) is 2.64. The Morgan fingerprint density at radius 2 is 1.65 bits per heavy atom. The zero-order valence-corrected chi connectivity index (χ0v) is 12.9. The van der Waals surface area contributed by atoms with Crippen LogP contribution in [0.2, 0.25) is 0 Å². The van der Waals surface area contributed by atoms with Crippen molar-refractivity contribution in [3.63, 3.8) is 0 Å². The van der Waals surface area contributed by atoms with Gasteiger partial charge in [-0.05, 0) is 37.6 Å². The summed E-state index contributed by atoms with van der Waals surface area (Å²) in [4.78, 5) is 0. The van der Waals surface area contributed by atoms with Gasteiger partial charge in [-0.3, -0.25) is 0 Å². The van der Waals surface area contributed by atoms with Gasteiger partial charge in [-0.1, -0.05) is 60.3 Å². The molecule has 0 amide bonds. The van der Waals surface area contributed by atoms with E-state index in [0.29, 0.717) is 0 Å². The summed E-state index contributed by atoms with van der Waals surface area (Å²) in [7, 11) is 0. The molecule has 0 aromatic rings. The molecular weight excluding hydrogens is 206 g/mol. The number of nitrogens with one attached hydrogen (secondary N) is 1. The van der Waals surface area contributed by atoms with E-state index in [0.717, 1.165) is 24.4 Å². The third-order valence-electron chi connectivity index (χ3n) is 3.72. The highest BCUT2D eigenvalue weighted by Gasteiger charge is 2.12. The van der Waals surface area contributed by atoms with Crippen LogP contribution in [0.15, 0.2) is 0 Å². The van der Waals surface area contributed by atoms with Gasteiger partial charge >= 0.3 is 0 Å². The molecule has 1 nitrogen and oxygen atoms in total. The molecule has 2 atom stereocenters. The molecule has 0 bridgehead atoms. The average Bonchev–Trinajstić information content (AvgIpc) is 2.28. The van der Waals surface area contributed by atoms with Gasteiger partial charge in [0.2, 0.25) is 0 Å². The maximum Gasteiger partial charge on any atom is 0.00694 e. The van der Waals surface area contributed by atoms with Crippen molar-refractivity contribution in [2.45, 2.75) is 85.6 Å². The summed E-state index contributed by atoms with van der Waals surface area (Å²) in [6.07, 6.45) is 9.68. The lowest BCUT2D eigenvalue weighted by Gasteiger charge is -2.22. The van der Waals surface area contributed by atoms with Crippen LogP contribution in [-0.4, -0.2) is 12.6 Å². The molecule has 0 fully saturated rings. The van der Waals surface area contributed by atoms with Crippen LogP contribution in [0, 0.1) is 11.8 Å². The average molecular weight is 241 g/mol. The molecule has 1 heteroatoms. The Kier molecular flexibility index (Phi) is 11.0. The predicted molar refractivity (Wildman–Crippen MR) is 79.5 cm³/mol. The summed E-state index contributed by atoms with van der Waals surface area (Å²) in [5.41, 5.74) is 0. The van der Waals surface area contributed by atoms with E-state index < -0.39 is 0 Å². The van der Waals surface area contributed by atoms with E-state index in [-0.39, 0.29) is 0 Å². The molecule has 0 spiro atoms. The Balaban J connectivity index is 3.89. The van der Waals surface area contributed by atoms with Crippen LogP contribution in [0.1, 0.15) is 79.6 Å². The summed E-state index contributed by atoms with van der Waals surface area (Å²) < 4.78 is 0. The van der Waals surface area contributed by atoms with Gasteiger partial charge in [-0.2, -0.15) is 0 Å². The molecule has 0 aliphatic rings. The van der Waals surface area contributed by atoms with Crippen LogP contribution >= 0.6 is 0 Å². The molecule has 0 aromatic carbocycles. The summed E-state index contributed by atoms with van der Waals surface area (Å²) >= 11 is 0. The molecule has 0 aliphatic carbocycles. The second kappa shape index (κ2) is 11.1. The van der Waals surface area contributed by atoms with Crippen molar-refractivity contribution < 1.29 is 0 Å². The molecule has 0 aromatic heterocycles. The Bertz CT molecular complexity index is 154. The third-order valence-corrected chi connectivity index (χ3v) is 3.72. The molecule has 0 aliphatic heterocycles. The first-order valence-electron chi connectivity index (χ1n) is 7.87. The minimum absolute atomic E-state index is 0.746. The first-order valence-corrected chi connectivity index (χ1v) is 7.87. The lowest BCUT2D eigenvalue weighted by Crippen LogP contribution is -2.30. The van der Waals surface area contributed by atoms with Crippen LogP contribution < -0.4 is 5.32 Å². The fourth-order valence-electron chi connectivity index (χ4n) is 2.64. The largest absolute Gasteiger partial charge is 0.314 e. The third kappa shape index (κ3) is 9.64. The second-order valence-corrected chi connectivity index (χ2v) is 5.88. The first-order chi connectivity index (χ1) is 8.13. The fraction of sp³-hybridized carbons (Fsp3) is 1.00. The van der Waals surface area contributed by atoms with Crippen molar-refractivity contribution in [3.8, 4) is 0 Å². The summed E-state index contributed by atoms with van der Waals surface area (Å²) in [6, 6.07) is 0.746. The molecule has 0 heterocycles. The van der Waals surface area contributed by atoms with Crippen LogP contribution in [0.4, 0.5) is 0 Å². The van der Waals surface area contributed by atoms with Crippen molar-refractivity contribution in [2.75, 3.05) is 6.54 Å². The number of hydrogen-bond donors (Lipinski definition) is 1.